The summed E-state index contributed by atoms with van der Waals surface area (Å²) in [5, 5.41) is 0. The number of hydrogen-bond donors (Lipinski definition) is 1. The van der Waals surface area contributed by atoms with Gasteiger partial charge in [0, 0.05) is 12.7 Å². The van der Waals surface area contributed by atoms with Crippen LogP contribution in [-0.4, -0.2) is 13.0 Å². The van der Waals surface area contributed by atoms with Gasteiger partial charge in [0.25, 0.3) is 0 Å². The molecule has 1 unspecified atom stereocenters. The van der Waals surface area contributed by atoms with Gasteiger partial charge in [-0.05, 0) is 34.9 Å². The zero-order valence-electron chi connectivity index (χ0n) is 11.1. The third-order valence-corrected chi connectivity index (χ3v) is 3.77. The summed E-state index contributed by atoms with van der Waals surface area (Å²) in [7, 11) is 1.77. The number of amides is 1. The number of nitrogens with two attached hydrogens (primary N) is 1. The maximum atomic E-state index is 12.9. The fraction of sp³-hybridized carbons (Fsp3) is 0.188. The number of carbonyl (C=O) groups excluding carboxylic acids is 1. The first-order chi connectivity index (χ1) is 9.56. The summed E-state index contributed by atoms with van der Waals surface area (Å²) >= 11 is 0. The van der Waals surface area contributed by atoms with E-state index in [4.69, 9.17) is 5.73 Å². The molecule has 0 aliphatic carbocycles. The molecule has 2 aromatic rings. The van der Waals surface area contributed by atoms with Crippen molar-refractivity contribution in [2.24, 2.45) is 5.73 Å². The van der Waals surface area contributed by atoms with Crippen LogP contribution in [0.4, 0.5) is 10.1 Å². The Labute approximate surface area is 116 Å². The molecule has 3 nitrogen and oxygen atoms in total. The molecule has 0 fully saturated rings. The summed E-state index contributed by atoms with van der Waals surface area (Å²) < 4.78 is 12.9. The van der Waals surface area contributed by atoms with Gasteiger partial charge >= 0.3 is 0 Å². The number of benzene rings is 2. The molecular formula is C16H15FN2O. The molecule has 0 aromatic heterocycles. The van der Waals surface area contributed by atoms with Gasteiger partial charge in [0.05, 0.1) is 12.5 Å². The van der Waals surface area contributed by atoms with E-state index in [0.29, 0.717) is 6.42 Å². The van der Waals surface area contributed by atoms with Gasteiger partial charge in [-0.3, -0.25) is 4.79 Å². The molecule has 102 valence electrons. The summed E-state index contributed by atoms with van der Waals surface area (Å²) in [6, 6.07) is 11.7. The molecule has 0 saturated carbocycles. The number of likely N-dealkylation sites (N-methyl/N-ethyl adjacent to an activating group) is 1. The first kappa shape index (κ1) is 12.8. The van der Waals surface area contributed by atoms with Gasteiger partial charge in [0.1, 0.15) is 5.82 Å². The lowest BCUT2D eigenvalue weighted by Crippen LogP contribution is -2.20. The van der Waals surface area contributed by atoms with E-state index in [0.717, 1.165) is 22.4 Å². The van der Waals surface area contributed by atoms with Crippen molar-refractivity contribution < 1.29 is 9.18 Å². The standard InChI is InChI=1S/C16H15FN2O/c1-19-14-7-4-11(8-12(14)9-15(19)20)16(18)10-2-5-13(17)6-3-10/h2-8,16H,9,18H2,1H3. The summed E-state index contributed by atoms with van der Waals surface area (Å²) in [6.45, 7) is 0. The predicted octanol–water partition coefficient (Wildman–Crippen LogP) is 2.39. The smallest absolute Gasteiger partial charge is 0.231 e. The molecule has 3 rings (SSSR count). The van der Waals surface area contributed by atoms with Crippen LogP contribution in [0.3, 0.4) is 0 Å². The van der Waals surface area contributed by atoms with Crippen LogP contribution >= 0.6 is 0 Å². The fourth-order valence-electron chi connectivity index (χ4n) is 2.55. The van der Waals surface area contributed by atoms with Gasteiger partial charge < -0.3 is 10.6 Å². The SMILES string of the molecule is CN1C(=O)Cc2cc(C(N)c3ccc(F)cc3)ccc21. The number of hydrogen-bond acceptors (Lipinski definition) is 2. The van der Waals surface area contributed by atoms with Crippen LogP contribution in [0, 0.1) is 5.82 Å². The molecule has 0 saturated heterocycles. The number of rotatable bonds is 2. The van der Waals surface area contributed by atoms with Crippen LogP contribution in [0.1, 0.15) is 22.7 Å². The number of anilines is 1. The van der Waals surface area contributed by atoms with Crippen molar-refractivity contribution in [3.63, 3.8) is 0 Å². The maximum Gasteiger partial charge on any atom is 0.231 e. The highest BCUT2D eigenvalue weighted by Crippen LogP contribution is 2.31. The lowest BCUT2D eigenvalue weighted by Gasteiger charge is -2.15. The average Bonchev–Trinajstić information content (AvgIpc) is 2.74. The van der Waals surface area contributed by atoms with Crippen molar-refractivity contribution in [3.8, 4) is 0 Å². The Morgan fingerprint density at radius 1 is 1.15 bits per heavy atom. The molecule has 1 amide bonds. The lowest BCUT2D eigenvalue weighted by atomic mass is 9.97. The minimum absolute atomic E-state index is 0.0903. The molecule has 0 spiro atoms. The van der Waals surface area contributed by atoms with E-state index in [2.05, 4.69) is 0 Å². The summed E-state index contributed by atoms with van der Waals surface area (Å²) in [4.78, 5) is 13.3. The summed E-state index contributed by atoms with van der Waals surface area (Å²) in [5.74, 6) is -0.186. The van der Waals surface area contributed by atoms with Crippen molar-refractivity contribution >= 4 is 11.6 Å². The minimum Gasteiger partial charge on any atom is -0.320 e. The van der Waals surface area contributed by atoms with E-state index in [1.165, 1.54) is 12.1 Å². The van der Waals surface area contributed by atoms with Crippen molar-refractivity contribution in [2.45, 2.75) is 12.5 Å². The highest BCUT2D eigenvalue weighted by molar-refractivity contribution is 6.00. The second-order valence-electron chi connectivity index (χ2n) is 5.05. The van der Waals surface area contributed by atoms with Crippen molar-refractivity contribution in [1.82, 2.24) is 0 Å². The highest BCUT2D eigenvalue weighted by atomic mass is 19.1. The van der Waals surface area contributed by atoms with Crippen LogP contribution in [0.25, 0.3) is 0 Å². The molecule has 2 N–H and O–H groups in total. The van der Waals surface area contributed by atoms with E-state index < -0.39 is 0 Å². The molecule has 1 aliphatic heterocycles. The van der Waals surface area contributed by atoms with E-state index in [1.54, 1.807) is 24.1 Å². The second kappa shape index (κ2) is 4.72. The molecule has 1 heterocycles. The second-order valence-corrected chi connectivity index (χ2v) is 5.05. The average molecular weight is 270 g/mol. The predicted molar refractivity (Wildman–Crippen MR) is 76.0 cm³/mol. The Morgan fingerprint density at radius 3 is 2.50 bits per heavy atom. The van der Waals surface area contributed by atoms with E-state index in [1.807, 2.05) is 18.2 Å². The molecule has 2 aromatic carbocycles. The number of nitrogens with zero attached hydrogens (tertiary/aromatic N) is 1. The molecule has 0 bridgehead atoms. The first-order valence-electron chi connectivity index (χ1n) is 6.46. The van der Waals surface area contributed by atoms with Crippen molar-refractivity contribution in [3.05, 3.63) is 65.0 Å². The number of carbonyl (C=O) groups is 1. The van der Waals surface area contributed by atoms with Crippen molar-refractivity contribution in [1.29, 1.82) is 0 Å². The normalized spacial score (nSPS) is 15.3. The molecule has 1 aliphatic rings. The van der Waals surface area contributed by atoms with Gasteiger partial charge in [0.15, 0.2) is 0 Å². The van der Waals surface area contributed by atoms with E-state index in [-0.39, 0.29) is 17.8 Å². The first-order valence-corrected chi connectivity index (χ1v) is 6.46. The molecule has 4 heteroatoms. The Morgan fingerprint density at radius 2 is 1.80 bits per heavy atom. The maximum absolute atomic E-state index is 12.9. The van der Waals surface area contributed by atoms with Crippen LogP contribution in [0.5, 0.6) is 0 Å². The van der Waals surface area contributed by atoms with Gasteiger partial charge in [-0.15, -0.1) is 0 Å². The van der Waals surface area contributed by atoms with Gasteiger partial charge in [-0.25, -0.2) is 4.39 Å². The third kappa shape index (κ3) is 2.08. The van der Waals surface area contributed by atoms with Crippen LogP contribution < -0.4 is 10.6 Å². The zero-order valence-corrected chi connectivity index (χ0v) is 11.1. The molecule has 1 atom stereocenters. The Balaban J connectivity index is 1.94. The molecular weight excluding hydrogens is 255 g/mol. The van der Waals surface area contributed by atoms with E-state index in [9.17, 15) is 9.18 Å². The quantitative estimate of drug-likeness (QED) is 0.910. The number of halogens is 1. The Kier molecular flexibility index (Phi) is 3.03. The fourth-order valence-corrected chi connectivity index (χ4v) is 2.55. The minimum atomic E-state index is -0.318. The lowest BCUT2D eigenvalue weighted by molar-refractivity contribution is -0.117. The van der Waals surface area contributed by atoms with Crippen LogP contribution in [-0.2, 0) is 11.2 Å². The molecule has 0 radical (unpaired) electrons. The Bertz CT molecular complexity index is 667. The topological polar surface area (TPSA) is 46.3 Å². The van der Waals surface area contributed by atoms with Crippen LogP contribution in [0.15, 0.2) is 42.5 Å². The van der Waals surface area contributed by atoms with E-state index >= 15 is 0 Å². The van der Waals surface area contributed by atoms with Crippen LogP contribution in [0.2, 0.25) is 0 Å². The van der Waals surface area contributed by atoms with Gasteiger partial charge in [-0.1, -0.05) is 24.3 Å². The monoisotopic (exact) mass is 270 g/mol. The summed E-state index contributed by atoms with van der Waals surface area (Å²) in [5.41, 5.74) is 9.92. The number of fused-ring (bicyclic) bond motifs is 1. The Hall–Kier alpha value is -2.20. The highest BCUT2D eigenvalue weighted by Gasteiger charge is 2.24. The van der Waals surface area contributed by atoms with Crippen molar-refractivity contribution in [2.75, 3.05) is 11.9 Å². The zero-order chi connectivity index (χ0) is 14.3. The summed E-state index contributed by atoms with van der Waals surface area (Å²) in [6.07, 6.45) is 0.413. The third-order valence-electron chi connectivity index (χ3n) is 3.77. The largest absolute Gasteiger partial charge is 0.320 e. The van der Waals surface area contributed by atoms with Gasteiger partial charge in [-0.2, -0.15) is 0 Å². The van der Waals surface area contributed by atoms with Gasteiger partial charge in [0.2, 0.25) is 5.91 Å². The molecule has 20 heavy (non-hydrogen) atoms.